The van der Waals surface area contributed by atoms with E-state index >= 15 is 0 Å². The number of hydrogen-bond acceptors (Lipinski definition) is 3. The Kier molecular flexibility index (Phi) is 4.64. The van der Waals surface area contributed by atoms with Gasteiger partial charge in [0.1, 0.15) is 5.75 Å². The molecule has 2 N–H and O–H groups in total. The van der Waals surface area contributed by atoms with Crippen LogP contribution in [-0.2, 0) is 6.61 Å². The van der Waals surface area contributed by atoms with Crippen molar-refractivity contribution in [2.45, 2.75) is 26.5 Å². The van der Waals surface area contributed by atoms with Crippen LogP contribution in [0, 0.1) is 6.92 Å². The van der Waals surface area contributed by atoms with E-state index in [1.54, 1.807) is 7.11 Å². The first-order valence-corrected chi connectivity index (χ1v) is 6.75. The van der Waals surface area contributed by atoms with Crippen molar-refractivity contribution in [3.63, 3.8) is 0 Å². The second-order valence-electron chi connectivity index (χ2n) is 4.97. The number of aliphatic hydroxyl groups is 1. The van der Waals surface area contributed by atoms with Gasteiger partial charge in [0.05, 0.1) is 19.8 Å². The van der Waals surface area contributed by atoms with Crippen LogP contribution in [0.25, 0.3) is 0 Å². The van der Waals surface area contributed by atoms with Crippen LogP contribution in [0.2, 0.25) is 0 Å². The van der Waals surface area contributed by atoms with E-state index in [9.17, 15) is 5.11 Å². The fourth-order valence-corrected chi connectivity index (χ4v) is 2.26. The lowest BCUT2D eigenvalue weighted by molar-refractivity contribution is 0.282. The number of nitrogens with one attached hydrogen (secondary N) is 1. The van der Waals surface area contributed by atoms with Crippen LogP contribution in [0.3, 0.4) is 0 Å². The smallest absolute Gasteiger partial charge is 0.124 e. The second kappa shape index (κ2) is 6.44. The molecule has 0 spiro atoms. The molecule has 106 valence electrons. The van der Waals surface area contributed by atoms with Crippen molar-refractivity contribution in [3.05, 3.63) is 59.2 Å². The average Bonchev–Trinajstić information content (AvgIpc) is 2.47. The molecule has 3 heteroatoms. The number of hydrogen-bond donors (Lipinski definition) is 2. The predicted molar refractivity (Wildman–Crippen MR) is 82.1 cm³/mol. The Morgan fingerprint density at radius 1 is 1.20 bits per heavy atom. The van der Waals surface area contributed by atoms with Gasteiger partial charge in [-0.25, -0.2) is 0 Å². The van der Waals surface area contributed by atoms with E-state index in [0.29, 0.717) is 0 Å². The van der Waals surface area contributed by atoms with Gasteiger partial charge in [-0.15, -0.1) is 0 Å². The summed E-state index contributed by atoms with van der Waals surface area (Å²) in [4.78, 5) is 0. The van der Waals surface area contributed by atoms with E-state index < -0.39 is 0 Å². The Balaban J connectivity index is 2.21. The van der Waals surface area contributed by atoms with Crippen molar-refractivity contribution in [3.8, 4) is 5.75 Å². The molecule has 0 bridgehead atoms. The minimum Gasteiger partial charge on any atom is -0.496 e. The zero-order valence-corrected chi connectivity index (χ0v) is 12.2. The Hall–Kier alpha value is -2.00. The topological polar surface area (TPSA) is 41.5 Å². The fraction of sp³-hybridized carbons (Fsp3) is 0.294. The van der Waals surface area contributed by atoms with Gasteiger partial charge in [-0.2, -0.15) is 0 Å². The molecule has 0 aliphatic rings. The van der Waals surface area contributed by atoms with Crippen LogP contribution in [0.1, 0.15) is 29.7 Å². The van der Waals surface area contributed by atoms with Crippen LogP contribution in [0.15, 0.2) is 42.5 Å². The van der Waals surface area contributed by atoms with Crippen molar-refractivity contribution in [2.24, 2.45) is 0 Å². The highest BCUT2D eigenvalue weighted by Gasteiger charge is 2.11. The van der Waals surface area contributed by atoms with Gasteiger partial charge < -0.3 is 15.2 Å². The minimum atomic E-state index is 0.0533. The number of rotatable bonds is 5. The quantitative estimate of drug-likeness (QED) is 0.872. The number of aryl methyl sites for hydroxylation is 1. The lowest BCUT2D eigenvalue weighted by Gasteiger charge is -2.19. The maximum absolute atomic E-state index is 9.18. The third-order valence-electron chi connectivity index (χ3n) is 3.35. The number of methoxy groups -OCH3 is 1. The second-order valence-corrected chi connectivity index (χ2v) is 4.97. The molecule has 0 fully saturated rings. The molecule has 0 aliphatic carbocycles. The molecule has 0 saturated carbocycles. The minimum absolute atomic E-state index is 0.0533. The summed E-state index contributed by atoms with van der Waals surface area (Å²) < 4.78 is 5.45. The van der Waals surface area contributed by atoms with Crippen LogP contribution in [-0.4, -0.2) is 12.2 Å². The number of aliphatic hydroxyl groups excluding tert-OH is 1. The van der Waals surface area contributed by atoms with Gasteiger partial charge in [0, 0.05) is 11.3 Å². The molecule has 20 heavy (non-hydrogen) atoms. The molecular formula is C17H21NO2. The Morgan fingerprint density at radius 3 is 2.70 bits per heavy atom. The highest BCUT2D eigenvalue weighted by molar-refractivity contribution is 5.49. The molecule has 3 nitrogen and oxygen atoms in total. The van der Waals surface area contributed by atoms with Crippen molar-refractivity contribution in [1.29, 1.82) is 0 Å². The Morgan fingerprint density at radius 2 is 2.00 bits per heavy atom. The molecular weight excluding hydrogens is 250 g/mol. The highest BCUT2D eigenvalue weighted by Crippen LogP contribution is 2.28. The molecule has 0 aliphatic heterocycles. The van der Waals surface area contributed by atoms with Crippen molar-refractivity contribution in [1.82, 2.24) is 0 Å². The summed E-state index contributed by atoms with van der Waals surface area (Å²) in [6, 6.07) is 14.1. The zero-order valence-electron chi connectivity index (χ0n) is 12.2. The molecule has 1 unspecified atom stereocenters. The first kappa shape index (κ1) is 14.4. The number of anilines is 1. The summed E-state index contributed by atoms with van der Waals surface area (Å²) in [6.45, 7) is 4.20. The molecule has 2 rings (SSSR count). The van der Waals surface area contributed by atoms with Crippen LogP contribution >= 0.6 is 0 Å². The summed E-state index contributed by atoms with van der Waals surface area (Å²) >= 11 is 0. The standard InChI is InChI=1S/C17H21NO2/c1-12-7-8-16(17(9-12)20-3)13(2)18-15-6-4-5-14(10-15)11-19/h4-10,13,18-19H,11H2,1-3H3. The molecule has 1 atom stereocenters. The van der Waals surface area contributed by atoms with E-state index in [1.807, 2.05) is 30.3 Å². The molecule has 0 saturated heterocycles. The van der Waals surface area contributed by atoms with Crippen LogP contribution in [0.4, 0.5) is 5.69 Å². The van der Waals surface area contributed by atoms with E-state index in [2.05, 4.69) is 31.3 Å². The molecule has 0 radical (unpaired) electrons. The summed E-state index contributed by atoms with van der Waals surface area (Å²) in [5, 5.41) is 12.6. The van der Waals surface area contributed by atoms with Gasteiger partial charge in [-0.05, 0) is 43.2 Å². The van der Waals surface area contributed by atoms with Gasteiger partial charge in [0.15, 0.2) is 0 Å². The van der Waals surface area contributed by atoms with Crippen molar-refractivity contribution >= 4 is 5.69 Å². The largest absolute Gasteiger partial charge is 0.496 e. The van der Waals surface area contributed by atoms with Crippen molar-refractivity contribution in [2.75, 3.05) is 12.4 Å². The monoisotopic (exact) mass is 271 g/mol. The zero-order chi connectivity index (χ0) is 14.5. The summed E-state index contributed by atoms with van der Waals surface area (Å²) in [5.41, 5.74) is 4.19. The highest BCUT2D eigenvalue weighted by atomic mass is 16.5. The van der Waals surface area contributed by atoms with Crippen LogP contribution < -0.4 is 10.1 Å². The van der Waals surface area contributed by atoms with E-state index in [-0.39, 0.29) is 12.6 Å². The van der Waals surface area contributed by atoms with E-state index in [1.165, 1.54) is 5.56 Å². The van der Waals surface area contributed by atoms with Crippen molar-refractivity contribution < 1.29 is 9.84 Å². The number of ether oxygens (including phenoxy) is 1. The first-order valence-electron chi connectivity index (χ1n) is 6.75. The third-order valence-corrected chi connectivity index (χ3v) is 3.35. The predicted octanol–water partition coefficient (Wildman–Crippen LogP) is 3.67. The Bertz CT molecular complexity index is 581. The fourth-order valence-electron chi connectivity index (χ4n) is 2.26. The lowest BCUT2D eigenvalue weighted by Crippen LogP contribution is -2.08. The van der Waals surface area contributed by atoms with Gasteiger partial charge in [0.2, 0.25) is 0 Å². The average molecular weight is 271 g/mol. The number of benzene rings is 2. The lowest BCUT2D eigenvalue weighted by atomic mass is 10.0. The third kappa shape index (κ3) is 3.31. The molecule has 0 amide bonds. The molecule has 2 aromatic rings. The van der Waals surface area contributed by atoms with Gasteiger partial charge in [-0.3, -0.25) is 0 Å². The summed E-state index contributed by atoms with van der Waals surface area (Å²) in [7, 11) is 1.69. The first-order chi connectivity index (χ1) is 9.63. The van der Waals surface area contributed by atoms with Crippen LogP contribution in [0.5, 0.6) is 5.75 Å². The van der Waals surface area contributed by atoms with E-state index in [4.69, 9.17) is 4.74 Å². The molecule has 0 heterocycles. The Labute approximate surface area is 120 Å². The molecule has 2 aromatic carbocycles. The van der Waals surface area contributed by atoms with Gasteiger partial charge in [-0.1, -0.05) is 24.3 Å². The maximum Gasteiger partial charge on any atom is 0.124 e. The summed E-state index contributed by atoms with van der Waals surface area (Å²) in [5.74, 6) is 0.892. The summed E-state index contributed by atoms with van der Waals surface area (Å²) in [6.07, 6.45) is 0. The normalized spacial score (nSPS) is 12.0. The van der Waals surface area contributed by atoms with Gasteiger partial charge >= 0.3 is 0 Å². The SMILES string of the molecule is COc1cc(C)ccc1C(C)Nc1cccc(CO)c1. The molecule has 0 aromatic heterocycles. The maximum atomic E-state index is 9.18. The van der Waals surface area contributed by atoms with E-state index in [0.717, 1.165) is 22.6 Å². The van der Waals surface area contributed by atoms with Gasteiger partial charge in [0.25, 0.3) is 0 Å².